The molecule has 2 aromatic carbocycles. The maximum Gasteiger partial charge on any atom is 0.324 e. The molecule has 1 aliphatic heterocycles. The monoisotopic (exact) mass is 582 g/mol. The van der Waals surface area contributed by atoms with E-state index in [1.54, 1.807) is 18.3 Å². The van der Waals surface area contributed by atoms with Gasteiger partial charge in [-0.1, -0.05) is 48.3 Å². The first kappa shape index (κ1) is 28.6. The fourth-order valence-corrected chi connectivity index (χ4v) is 5.98. The first-order chi connectivity index (χ1) is 19.4. The van der Waals surface area contributed by atoms with Crippen LogP contribution in [-0.4, -0.2) is 52.6 Å². The number of ether oxygens (including phenoxy) is 1. The molecule has 1 aliphatic carbocycles. The number of nitrogens with two attached hydrogens (primary N) is 1. The van der Waals surface area contributed by atoms with Crippen molar-refractivity contribution in [2.45, 2.75) is 64.3 Å². The van der Waals surface area contributed by atoms with Gasteiger partial charge in [-0.25, -0.2) is 9.97 Å². The Morgan fingerprint density at radius 3 is 2.70 bits per heavy atom. The van der Waals surface area contributed by atoms with Crippen molar-refractivity contribution in [1.82, 2.24) is 20.2 Å². The Morgan fingerprint density at radius 1 is 1.18 bits per heavy atom. The second-order valence-corrected chi connectivity index (χ2v) is 11.2. The van der Waals surface area contributed by atoms with Crippen molar-refractivity contribution in [2.75, 3.05) is 30.7 Å². The fraction of sp³-hybridized carbons (Fsp3) is 0.433. The van der Waals surface area contributed by atoms with Gasteiger partial charge in [0.1, 0.15) is 12.1 Å². The zero-order valence-corrected chi connectivity index (χ0v) is 24.3. The molecule has 0 bridgehead atoms. The highest BCUT2D eigenvalue weighted by molar-refractivity contribution is 6.36. The zero-order chi connectivity index (χ0) is 28.1. The summed E-state index contributed by atoms with van der Waals surface area (Å²) >= 11 is 12.6. The largest absolute Gasteiger partial charge is 0.461 e. The van der Waals surface area contributed by atoms with Crippen molar-refractivity contribution < 1.29 is 9.53 Å². The molecular formula is C30H36Cl2N6O2. The van der Waals surface area contributed by atoms with E-state index in [0.717, 1.165) is 56.3 Å². The summed E-state index contributed by atoms with van der Waals surface area (Å²) in [5.41, 5.74) is 11.0. The van der Waals surface area contributed by atoms with Crippen LogP contribution in [0, 0.1) is 0 Å². The number of aromatic nitrogens is 2. The quantitative estimate of drug-likeness (QED) is 0.285. The van der Waals surface area contributed by atoms with Gasteiger partial charge in [0.15, 0.2) is 11.6 Å². The molecule has 40 heavy (non-hydrogen) atoms. The third kappa shape index (κ3) is 6.69. The van der Waals surface area contributed by atoms with Crippen LogP contribution < -0.4 is 16.4 Å². The number of hydrogen-bond donors (Lipinski definition) is 3. The Hall–Kier alpha value is -2.91. The van der Waals surface area contributed by atoms with Crippen molar-refractivity contribution in [3.8, 4) is 11.3 Å². The van der Waals surface area contributed by atoms with E-state index >= 15 is 0 Å². The van der Waals surface area contributed by atoms with E-state index < -0.39 is 0 Å². The Kier molecular flexibility index (Phi) is 9.42. The van der Waals surface area contributed by atoms with Crippen molar-refractivity contribution in [1.29, 1.82) is 0 Å². The summed E-state index contributed by atoms with van der Waals surface area (Å²) in [4.78, 5) is 24.4. The summed E-state index contributed by atoms with van der Waals surface area (Å²) in [6.07, 6.45) is 6.85. The molecule has 5 rings (SSSR count). The summed E-state index contributed by atoms with van der Waals surface area (Å²) in [5, 5.41) is 7.74. The maximum atomic E-state index is 13.0. The number of esters is 1. The Morgan fingerprint density at radius 2 is 1.95 bits per heavy atom. The fourth-order valence-electron chi connectivity index (χ4n) is 5.45. The number of halogens is 2. The number of benzene rings is 2. The van der Waals surface area contributed by atoms with Crippen molar-refractivity contribution in [3.63, 3.8) is 0 Å². The normalized spacial score (nSPS) is 18.1. The first-order valence-electron chi connectivity index (χ1n) is 14.0. The van der Waals surface area contributed by atoms with Gasteiger partial charge in [0.25, 0.3) is 0 Å². The SMILES string of the molecule is CCc1cc(-c2cnc(N)c(NCc3c(Cl)cccc3Cl)n2)ccc1CN1CCNCC1C(=O)OC1CCCC1. The van der Waals surface area contributed by atoms with Crippen molar-refractivity contribution >= 4 is 40.8 Å². The van der Waals surface area contributed by atoms with Crippen LogP contribution >= 0.6 is 23.2 Å². The van der Waals surface area contributed by atoms with Gasteiger partial charge in [-0.3, -0.25) is 9.69 Å². The third-order valence-electron chi connectivity index (χ3n) is 7.76. The Balaban J connectivity index is 1.31. The van der Waals surface area contributed by atoms with Crippen LogP contribution in [-0.2, 0) is 29.0 Å². The van der Waals surface area contributed by atoms with Crippen LogP contribution in [0.15, 0.2) is 42.6 Å². The van der Waals surface area contributed by atoms with Crippen LogP contribution in [0.4, 0.5) is 11.6 Å². The van der Waals surface area contributed by atoms with E-state index in [1.165, 1.54) is 11.1 Å². The summed E-state index contributed by atoms with van der Waals surface area (Å²) in [6, 6.07) is 11.5. The van der Waals surface area contributed by atoms with Gasteiger partial charge in [-0.05, 0) is 61.4 Å². The smallest absolute Gasteiger partial charge is 0.324 e. The molecule has 1 saturated heterocycles. The lowest BCUT2D eigenvalue weighted by atomic mass is 9.99. The molecule has 0 amide bonds. The number of rotatable bonds is 9. The molecule has 2 aliphatic rings. The molecule has 8 nitrogen and oxygen atoms in total. The minimum absolute atomic E-state index is 0.0730. The summed E-state index contributed by atoms with van der Waals surface area (Å²) < 4.78 is 5.87. The topological polar surface area (TPSA) is 105 Å². The van der Waals surface area contributed by atoms with E-state index in [-0.39, 0.29) is 18.1 Å². The lowest BCUT2D eigenvalue weighted by Gasteiger charge is -2.35. The van der Waals surface area contributed by atoms with Crippen LogP contribution in [0.25, 0.3) is 11.3 Å². The molecule has 0 spiro atoms. The molecular weight excluding hydrogens is 547 g/mol. The van der Waals surface area contributed by atoms with Crippen LogP contribution in [0.1, 0.15) is 49.3 Å². The van der Waals surface area contributed by atoms with Crippen molar-refractivity contribution in [3.05, 3.63) is 69.3 Å². The van der Waals surface area contributed by atoms with Crippen LogP contribution in [0.2, 0.25) is 10.0 Å². The number of nitrogens with zero attached hydrogens (tertiary/aromatic N) is 3. The maximum absolute atomic E-state index is 13.0. The van der Waals surface area contributed by atoms with E-state index in [2.05, 4.69) is 45.6 Å². The predicted molar refractivity (Wildman–Crippen MR) is 160 cm³/mol. The summed E-state index contributed by atoms with van der Waals surface area (Å²) in [5.74, 6) is 0.664. The molecule has 4 N–H and O–H groups in total. The highest BCUT2D eigenvalue weighted by Gasteiger charge is 2.32. The van der Waals surface area contributed by atoms with Gasteiger partial charge in [0.05, 0.1) is 11.9 Å². The molecule has 1 atom stereocenters. The van der Waals surface area contributed by atoms with Gasteiger partial charge in [-0.2, -0.15) is 0 Å². The second kappa shape index (κ2) is 13.2. The van der Waals surface area contributed by atoms with E-state index in [1.807, 2.05) is 6.07 Å². The Bertz CT molecular complexity index is 1330. The highest BCUT2D eigenvalue weighted by atomic mass is 35.5. The number of anilines is 2. The number of aryl methyl sites for hydroxylation is 1. The predicted octanol–water partition coefficient (Wildman–Crippen LogP) is 5.47. The van der Waals surface area contributed by atoms with Crippen LogP contribution in [0.5, 0.6) is 0 Å². The molecule has 212 valence electrons. The minimum Gasteiger partial charge on any atom is -0.461 e. The average Bonchev–Trinajstić information content (AvgIpc) is 3.47. The summed E-state index contributed by atoms with van der Waals surface area (Å²) in [6.45, 7) is 5.46. The van der Waals surface area contributed by atoms with Crippen LogP contribution in [0.3, 0.4) is 0 Å². The van der Waals surface area contributed by atoms with Gasteiger partial charge in [0.2, 0.25) is 0 Å². The van der Waals surface area contributed by atoms with Gasteiger partial charge < -0.3 is 21.1 Å². The number of nitrogens with one attached hydrogen (secondary N) is 2. The lowest BCUT2D eigenvalue weighted by Crippen LogP contribution is -2.55. The number of carbonyl (C=O) groups excluding carboxylic acids is 1. The molecule has 1 saturated carbocycles. The molecule has 1 unspecified atom stereocenters. The zero-order valence-electron chi connectivity index (χ0n) is 22.8. The number of nitrogen functional groups attached to an aromatic ring is 1. The molecule has 0 radical (unpaired) electrons. The van der Waals surface area contributed by atoms with E-state index in [4.69, 9.17) is 38.7 Å². The Labute approximate surface area is 245 Å². The third-order valence-corrected chi connectivity index (χ3v) is 8.47. The molecule has 2 fully saturated rings. The molecule has 2 heterocycles. The standard InChI is InChI=1S/C30H36Cl2N6O2/c1-2-19-14-20(26-16-35-28(33)29(37-26)36-15-23-24(31)8-5-9-25(23)32)10-11-21(19)18-38-13-12-34-17-27(38)30(39)40-22-6-3-4-7-22/h5,8-11,14,16,22,27,34H,2-4,6-7,12-13,15,17-18H2,1H3,(H2,33,35)(H,36,37). The average molecular weight is 584 g/mol. The second-order valence-electron chi connectivity index (χ2n) is 10.4. The molecule has 1 aromatic heterocycles. The molecule has 3 aromatic rings. The minimum atomic E-state index is -0.276. The summed E-state index contributed by atoms with van der Waals surface area (Å²) in [7, 11) is 0. The van der Waals surface area contributed by atoms with Gasteiger partial charge in [0, 0.05) is 53.9 Å². The number of hydrogen-bond acceptors (Lipinski definition) is 8. The lowest BCUT2D eigenvalue weighted by molar-refractivity contribution is -0.156. The van der Waals surface area contributed by atoms with Crippen molar-refractivity contribution in [2.24, 2.45) is 0 Å². The van der Waals surface area contributed by atoms with E-state index in [0.29, 0.717) is 47.0 Å². The number of carbonyl (C=O) groups is 1. The van der Waals surface area contributed by atoms with Gasteiger partial charge in [-0.15, -0.1) is 0 Å². The van der Waals surface area contributed by atoms with E-state index in [9.17, 15) is 4.79 Å². The first-order valence-corrected chi connectivity index (χ1v) is 14.7. The molecule has 10 heteroatoms. The number of piperazine rings is 1. The highest BCUT2D eigenvalue weighted by Crippen LogP contribution is 2.29. The van der Waals surface area contributed by atoms with Gasteiger partial charge >= 0.3 is 5.97 Å².